The number of phenols is 1. The Morgan fingerprint density at radius 3 is 2.12 bits per heavy atom. The van der Waals surface area contributed by atoms with E-state index in [1.54, 1.807) is 0 Å². The van der Waals surface area contributed by atoms with Crippen molar-refractivity contribution in [2.75, 3.05) is 25.2 Å². The summed E-state index contributed by atoms with van der Waals surface area (Å²) in [6, 6.07) is 13.2. The summed E-state index contributed by atoms with van der Waals surface area (Å²) in [5, 5.41) is 41.4. The number of azo groups is 2. The Hall–Kier alpha value is -4.43. The van der Waals surface area contributed by atoms with Gasteiger partial charge in [0, 0.05) is 22.6 Å². The van der Waals surface area contributed by atoms with Crippen LogP contribution in [0.1, 0.15) is 0 Å². The smallest absolute Gasteiger partial charge is 0.433 e. The summed E-state index contributed by atoms with van der Waals surface area (Å²) < 4.78 is 102. The molecule has 4 aromatic rings. The van der Waals surface area contributed by atoms with E-state index >= 15 is 0 Å². The van der Waals surface area contributed by atoms with Crippen LogP contribution in [0, 0.1) is 11.4 Å². The fraction of sp³-hybridized carbons (Fsp3) is 0.111. The van der Waals surface area contributed by atoms with E-state index in [1.807, 2.05) is 6.11 Å². The maximum absolute atomic E-state index is 12.5. The second-order valence-electron chi connectivity index (χ2n) is 9.59. The molecular formula is C27H23N5O15S5. The van der Waals surface area contributed by atoms with Crippen LogP contribution in [0.25, 0.3) is 10.8 Å². The molecule has 0 aliphatic heterocycles. The summed E-state index contributed by atoms with van der Waals surface area (Å²) in [7, 11) is -12.1. The second-order valence-corrected chi connectivity index (χ2v) is 15.7. The second kappa shape index (κ2) is 17.4. The van der Waals surface area contributed by atoms with Gasteiger partial charge in [-0.3, -0.25) is 14.0 Å². The van der Waals surface area contributed by atoms with Gasteiger partial charge in [-0.1, -0.05) is 5.04 Å². The lowest BCUT2D eigenvalue weighted by molar-refractivity contribution is -0.432. The number of aromatic hydroxyl groups is 1. The lowest BCUT2D eigenvalue weighted by Gasteiger charge is -2.14. The van der Waals surface area contributed by atoms with Crippen molar-refractivity contribution in [1.82, 2.24) is 0 Å². The highest BCUT2D eigenvalue weighted by Crippen LogP contribution is 2.49. The van der Waals surface area contributed by atoms with Gasteiger partial charge in [0.25, 0.3) is 10.1 Å². The van der Waals surface area contributed by atoms with Crippen LogP contribution in [0.3, 0.4) is 0 Å². The summed E-state index contributed by atoms with van der Waals surface area (Å²) in [4.78, 5) is 3.60. The molecule has 0 aromatic heterocycles. The number of phenolic OH excluding ortho intramolecular Hbond substituents is 1. The third kappa shape index (κ3) is 10.8. The van der Waals surface area contributed by atoms with Crippen LogP contribution >= 0.6 is 23.8 Å². The Bertz CT molecular complexity index is 2400. The first-order valence-electron chi connectivity index (χ1n) is 13.5. The van der Waals surface area contributed by atoms with E-state index in [-0.39, 0.29) is 73.4 Å². The zero-order valence-corrected chi connectivity index (χ0v) is 30.0. The first-order chi connectivity index (χ1) is 24.5. The molecule has 0 radical (unpaired) electrons. The Labute approximate surface area is 303 Å². The minimum atomic E-state index is -5.02. The Kier molecular flexibility index (Phi) is 13.5. The minimum absolute atomic E-state index is 0.000443. The van der Waals surface area contributed by atoms with Crippen LogP contribution in [-0.4, -0.2) is 64.2 Å². The molecule has 0 aliphatic rings. The van der Waals surface area contributed by atoms with Gasteiger partial charge in [0.05, 0.1) is 56.6 Å². The molecule has 0 saturated heterocycles. The number of thioether (sulfide) groups is 1. The monoisotopic (exact) mass is 817 g/mol. The van der Waals surface area contributed by atoms with E-state index in [0.29, 0.717) is 4.90 Å². The van der Waals surface area contributed by atoms with Crippen LogP contribution in [0.4, 0.5) is 28.4 Å². The molecule has 52 heavy (non-hydrogen) atoms. The Morgan fingerprint density at radius 2 is 1.52 bits per heavy atom. The van der Waals surface area contributed by atoms with E-state index in [0.717, 1.165) is 23.9 Å². The average Bonchev–Trinajstić information content (AvgIpc) is 3.08. The van der Waals surface area contributed by atoms with Crippen LogP contribution in [0.5, 0.6) is 5.75 Å². The molecule has 0 bridgehead atoms. The molecule has 276 valence electrons. The van der Waals surface area contributed by atoms with E-state index in [9.17, 15) is 34.9 Å². The minimum Gasteiger partial charge on any atom is -0.505 e. The number of nitrogens with two attached hydrogens (primary N) is 1. The van der Waals surface area contributed by atoms with Gasteiger partial charge in [-0.2, -0.15) is 27.1 Å². The predicted molar refractivity (Wildman–Crippen MR) is 183 cm³/mol. The number of nitrogens with zero attached hydrogens (tertiary/aromatic N) is 4. The highest BCUT2D eigenvalue weighted by Gasteiger charge is 2.25. The predicted octanol–water partition coefficient (Wildman–Crippen LogP) is 5.82. The fourth-order valence-corrected chi connectivity index (χ4v) is 6.95. The number of hydrogen-bond acceptors (Lipinski definition) is 20. The van der Waals surface area contributed by atoms with E-state index in [4.69, 9.17) is 20.3 Å². The molecule has 25 heteroatoms. The molecule has 0 aliphatic carbocycles. The van der Waals surface area contributed by atoms with Crippen molar-refractivity contribution in [3.63, 3.8) is 0 Å². The van der Waals surface area contributed by atoms with Gasteiger partial charge in [-0.05, 0) is 76.8 Å². The lowest BCUT2D eigenvalue weighted by Crippen LogP contribution is -2.11. The van der Waals surface area contributed by atoms with Crippen molar-refractivity contribution in [3.8, 4) is 17.1 Å². The number of sulfone groups is 1. The molecule has 0 atom stereocenters. The van der Waals surface area contributed by atoms with Crippen molar-refractivity contribution >= 4 is 93.4 Å². The summed E-state index contributed by atoms with van der Waals surface area (Å²) >= 11 is 1.16. The fourth-order valence-electron chi connectivity index (χ4n) is 4.01. The molecule has 0 fully saturated rings. The van der Waals surface area contributed by atoms with Crippen molar-refractivity contribution < 1.29 is 68.1 Å². The number of ether oxygens (including phenoxy) is 1. The number of methoxy groups -OCH3 is 1. The summed E-state index contributed by atoms with van der Waals surface area (Å²) in [6.07, 6.45) is 1.89. The third-order valence-electron chi connectivity index (χ3n) is 6.25. The molecule has 4 aromatic carbocycles. The molecule has 0 saturated carbocycles. The molecule has 20 nitrogen and oxygen atoms in total. The Balaban J connectivity index is 1.73. The van der Waals surface area contributed by atoms with Crippen LogP contribution < -0.4 is 5.73 Å². The van der Waals surface area contributed by atoms with Gasteiger partial charge < -0.3 is 15.6 Å². The number of nitrogen functional groups attached to an aromatic ring is 1. The summed E-state index contributed by atoms with van der Waals surface area (Å²) in [5.41, 5.74) is 5.67. The summed E-state index contributed by atoms with van der Waals surface area (Å²) in [6.45, 7) is -0.0114. The molecule has 0 amide bonds. The van der Waals surface area contributed by atoms with Crippen LogP contribution in [0.15, 0.2) is 101 Å². The van der Waals surface area contributed by atoms with Crippen molar-refractivity contribution in [2.45, 2.75) is 19.6 Å². The van der Waals surface area contributed by atoms with E-state index in [2.05, 4.69) is 44.3 Å². The highest BCUT2D eigenvalue weighted by molar-refractivity contribution is 8.04. The first kappa shape index (κ1) is 40.3. The van der Waals surface area contributed by atoms with E-state index < -0.39 is 41.0 Å². The third-order valence-corrected chi connectivity index (χ3v) is 10.4. The van der Waals surface area contributed by atoms with Crippen LogP contribution in [0.2, 0.25) is 0 Å². The molecule has 0 spiro atoms. The molecule has 0 unspecified atom stereocenters. The summed E-state index contributed by atoms with van der Waals surface area (Å²) in [5.74, 6) is -1.01. The standard InChI is InChI=1S/C27H23N5O15S5/c1-43-11-13-50(35,36)19-8-4-17(5-9-19)29-31-21-15-23(51(37,38)39)20-14-22(49-46-45-34)26(27(33)24(20)25(21)28)32-30-16-2-6-18(7-3-16)48-12-10-44-47-52(40,41)42/h2-9,14-15,33-34H,11,13,28H2,1H3,(H,37,38,39)(H,40,41,42). The highest BCUT2D eigenvalue weighted by atomic mass is 32.3. The van der Waals surface area contributed by atoms with Gasteiger partial charge in [-0.25, -0.2) is 13.7 Å². The van der Waals surface area contributed by atoms with Gasteiger partial charge in [0.2, 0.25) is 0 Å². The Morgan fingerprint density at radius 1 is 0.885 bits per heavy atom. The first-order valence-corrected chi connectivity index (χ1v) is 19.5. The van der Waals surface area contributed by atoms with Gasteiger partial charge >= 0.3 is 10.4 Å². The molecule has 6 N–H and O–H groups in total. The SMILES string of the molecule is COCCS(=O)(=O)c1ccc(N=Nc2cc(S(=O)(=O)O)c3cc(SOOO)c(N=Nc4ccc(SC#COOS(=O)(=O)O)cc4)c(O)c3c2N)cc1. The van der Waals surface area contributed by atoms with Gasteiger partial charge in [0.1, 0.15) is 16.3 Å². The average molecular weight is 818 g/mol. The molecule has 4 rings (SSSR count). The number of hydrogen-bond donors (Lipinski definition) is 5. The maximum Gasteiger partial charge on any atom is 0.433 e. The largest absolute Gasteiger partial charge is 0.505 e. The zero-order valence-electron chi connectivity index (χ0n) is 25.9. The topological polar surface area (TPSA) is 305 Å². The van der Waals surface area contributed by atoms with Gasteiger partial charge in [-0.15, -0.1) is 14.6 Å². The van der Waals surface area contributed by atoms with Gasteiger partial charge in [0.15, 0.2) is 21.7 Å². The maximum atomic E-state index is 12.5. The quantitative estimate of drug-likeness (QED) is 0.0138. The number of fused-ring (bicyclic) bond motifs is 1. The van der Waals surface area contributed by atoms with E-state index in [1.165, 1.54) is 55.6 Å². The molecule has 0 heterocycles. The number of anilines is 1. The zero-order chi connectivity index (χ0) is 38.1. The molecular weight excluding hydrogens is 795 g/mol. The van der Waals surface area contributed by atoms with Crippen molar-refractivity contribution in [1.29, 1.82) is 0 Å². The van der Waals surface area contributed by atoms with Crippen molar-refractivity contribution in [3.05, 3.63) is 60.7 Å². The normalized spacial score (nSPS) is 12.4. The van der Waals surface area contributed by atoms with Crippen molar-refractivity contribution in [2.24, 2.45) is 20.5 Å². The number of rotatable bonds is 15. The van der Waals surface area contributed by atoms with Crippen LogP contribution in [-0.2, 0) is 53.7 Å². The lowest BCUT2D eigenvalue weighted by atomic mass is 10.0. The number of benzene rings is 4.